The molecule has 0 spiro atoms. The monoisotopic (exact) mass is 431 g/mol. The molecular weight excluding hydrogens is 410 g/mol. The van der Waals surface area contributed by atoms with E-state index < -0.39 is 5.92 Å². The molecule has 2 aliphatic rings. The predicted molar refractivity (Wildman–Crippen MR) is 120 cm³/mol. The minimum Gasteiger partial charge on any atom is -0.508 e. The molecule has 3 N–H and O–H groups in total. The molecule has 0 saturated carbocycles. The van der Waals surface area contributed by atoms with Gasteiger partial charge in [-0.2, -0.15) is 0 Å². The third-order valence-corrected chi connectivity index (χ3v) is 6.63. The van der Waals surface area contributed by atoms with Crippen LogP contribution in [0.1, 0.15) is 41.9 Å². The number of Topliss-reactive ketones (excluding diaryl/α,β-unsaturated/α-hetero) is 1. The standard InChI is InChI=1S/C24H21N3O3S/c28-16-11-9-15(10-12-16)19-20-17(7-4-8-18(20)29)25-22-21(19)23(30)27-24(26-22)31-13-14-5-2-1-3-6-14/h1-3,5-6,9-12,19,28H,4,7-8,13H2,(H2,25,26,27,30)/t19-/m0/s1. The Labute approximate surface area is 183 Å². The van der Waals surface area contributed by atoms with E-state index in [1.165, 1.54) is 11.8 Å². The number of carbonyl (C=O) groups is 1. The summed E-state index contributed by atoms with van der Waals surface area (Å²) in [5, 5.41) is 13.5. The molecule has 0 amide bonds. The van der Waals surface area contributed by atoms with E-state index in [-0.39, 0.29) is 17.1 Å². The summed E-state index contributed by atoms with van der Waals surface area (Å²) in [4.78, 5) is 33.6. The lowest BCUT2D eigenvalue weighted by Gasteiger charge is -2.32. The van der Waals surface area contributed by atoms with E-state index in [1.54, 1.807) is 24.3 Å². The number of benzene rings is 2. The van der Waals surface area contributed by atoms with Crippen LogP contribution in [0.2, 0.25) is 0 Å². The third-order valence-electron chi connectivity index (χ3n) is 5.68. The fourth-order valence-corrected chi connectivity index (χ4v) is 5.05. The maximum absolute atomic E-state index is 13.2. The smallest absolute Gasteiger partial charge is 0.257 e. The molecule has 0 fully saturated rings. The van der Waals surface area contributed by atoms with Crippen LogP contribution in [0.4, 0.5) is 5.82 Å². The van der Waals surface area contributed by atoms with Crippen molar-refractivity contribution in [3.8, 4) is 5.75 Å². The topological polar surface area (TPSA) is 95.1 Å². The highest BCUT2D eigenvalue weighted by atomic mass is 32.2. The normalized spacial score (nSPS) is 17.7. The van der Waals surface area contributed by atoms with Gasteiger partial charge in [0.05, 0.1) is 5.56 Å². The zero-order chi connectivity index (χ0) is 21.4. The van der Waals surface area contributed by atoms with Gasteiger partial charge in [-0.05, 0) is 36.1 Å². The van der Waals surface area contributed by atoms with Crippen molar-refractivity contribution in [1.82, 2.24) is 9.97 Å². The third kappa shape index (κ3) is 3.77. The van der Waals surface area contributed by atoms with E-state index in [4.69, 9.17) is 4.98 Å². The van der Waals surface area contributed by atoms with Crippen LogP contribution >= 0.6 is 11.8 Å². The Balaban J connectivity index is 1.57. The first-order valence-electron chi connectivity index (χ1n) is 10.2. The molecule has 7 heteroatoms. The number of phenols is 1. The molecule has 1 atom stereocenters. The second-order valence-electron chi connectivity index (χ2n) is 7.73. The SMILES string of the molecule is O=C1CCCC2=C1[C@H](c1ccc(O)cc1)c1c(nc(SCc3ccccc3)[nH]c1=O)N2. The van der Waals surface area contributed by atoms with Gasteiger partial charge in [0.15, 0.2) is 10.9 Å². The first-order chi connectivity index (χ1) is 15.1. The van der Waals surface area contributed by atoms with E-state index in [0.717, 1.165) is 29.7 Å². The minimum atomic E-state index is -0.496. The molecule has 156 valence electrons. The van der Waals surface area contributed by atoms with E-state index in [0.29, 0.717) is 34.3 Å². The van der Waals surface area contributed by atoms with E-state index in [1.807, 2.05) is 30.3 Å². The number of anilines is 1. The molecule has 1 aliphatic heterocycles. The number of hydrogen-bond donors (Lipinski definition) is 3. The lowest BCUT2D eigenvalue weighted by atomic mass is 9.76. The molecule has 2 aromatic carbocycles. The quantitative estimate of drug-likeness (QED) is 0.420. The van der Waals surface area contributed by atoms with Gasteiger partial charge in [-0.3, -0.25) is 9.59 Å². The van der Waals surface area contributed by atoms with E-state index >= 15 is 0 Å². The number of fused-ring (bicyclic) bond motifs is 1. The molecule has 5 rings (SSSR count). The zero-order valence-corrected chi connectivity index (χ0v) is 17.5. The van der Waals surface area contributed by atoms with Gasteiger partial charge in [0, 0.05) is 29.4 Å². The minimum absolute atomic E-state index is 0.0550. The van der Waals surface area contributed by atoms with E-state index in [9.17, 15) is 14.7 Å². The van der Waals surface area contributed by atoms with Crippen molar-refractivity contribution >= 4 is 23.4 Å². The van der Waals surface area contributed by atoms with Crippen molar-refractivity contribution < 1.29 is 9.90 Å². The molecule has 0 unspecified atom stereocenters. The highest BCUT2D eigenvalue weighted by Crippen LogP contribution is 2.43. The van der Waals surface area contributed by atoms with Gasteiger partial charge < -0.3 is 15.4 Å². The highest BCUT2D eigenvalue weighted by molar-refractivity contribution is 7.98. The Morgan fingerprint density at radius 3 is 2.58 bits per heavy atom. The second-order valence-corrected chi connectivity index (χ2v) is 8.69. The first-order valence-corrected chi connectivity index (χ1v) is 11.2. The molecule has 0 radical (unpaired) electrons. The number of allylic oxidation sites excluding steroid dienone is 2. The molecule has 6 nitrogen and oxygen atoms in total. The van der Waals surface area contributed by atoms with Crippen LogP contribution in [0, 0.1) is 0 Å². The summed E-state index contributed by atoms with van der Waals surface area (Å²) in [6.45, 7) is 0. The number of rotatable bonds is 4. The van der Waals surface area contributed by atoms with Crippen molar-refractivity contribution in [1.29, 1.82) is 0 Å². The lowest BCUT2D eigenvalue weighted by Crippen LogP contribution is -2.32. The molecule has 3 aromatic rings. The number of H-pyrrole nitrogens is 1. The van der Waals surface area contributed by atoms with Gasteiger partial charge in [-0.15, -0.1) is 0 Å². The predicted octanol–water partition coefficient (Wildman–Crippen LogP) is 4.33. The van der Waals surface area contributed by atoms with Crippen molar-refractivity contribution in [2.75, 3.05) is 5.32 Å². The molecule has 0 bridgehead atoms. The van der Waals surface area contributed by atoms with Crippen LogP contribution in [0.15, 0.2) is 75.8 Å². The fraction of sp³-hybridized carbons (Fsp3) is 0.208. The summed E-state index contributed by atoms with van der Waals surface area (Å²) in [6, 6.07) is 16.7. The molecule has 1 aromatic heterocycles. The fourth-order valence-electron chi connectivity index (χ4n) is 4.23. The summed E-state index contributed by atoms with van der Waals surface area (Å²) in [6.07, 6.45) is 2.00. The molecule has 0 saturated heterocycles. The van der Waals surface area contributed by atoms with Gasteiger partial charge in [0.25, 0.3) is 5.56 Å². The summed E-state index contributed by atoms with van der Waals surface area (Å²) < 4.78 is 0. The summed E-state index contributed by atoms with van der Waals surface area (Å²) in [7, 11) is 0. The lowest BCUT2D eigenvalue weighted by molar-refractivity contribution is -0.116. The number of phenolic OH excluding ortho intramolecular Hbond substituents is 1. The molecular formula is C24H21N3O3S. The second kappa shape index (κ2) is 8.07. The Morgan fingerprint density at radius 2 is 1.81 bits per heavy atom. The average Bonchev–Trinajstić information content (AvgIpc) is 2.78. The van der Waals surface area contributed by atoms with Gasteiger partial charge in [0.1, 0.15) is 11.6 Å². The molecule has 2 heterocycles. The Morgan fingerprint density at radius 1 is 1.03 bits per heavy atom. The van der Waals surface area contributed by atoms with E-state index in [2.05, 4.69) is 10.3 Å². The Bertz CT molecular complexity index is 1230. The van der Waals surface area contributed by atoms with Crippen LogP contribution in [0.3, 0.4) is 0 Å². The summed E-state index contributed by atoms with van der Waals surface area (Å²) in [5.74, 6) is 0.896. The number of thioether (sulfide) groups is 1. The maximum Gasteiger partial charge on any atom is 0.257 e. The van der Waals surface area contributed by atoms with Gasteiger partial charge in [-0.25, -0.2) is 4.98 Å². The Hall–Kier alpha value is -3.32. The van der Waals surface area contributed by atoms with Crippen LogP contribution in [0.5, 0.6) is 5.75 Å². The van der Waals surface area contributed by atoms with Crippen LogP contribution in [0.25, 0.3) is 0 Å². The first kappa shape index (κ1) is 19.6. The Kier molecular flexibility index (Phi) is 5.11. The number of aromatic nitrogens is 2. The number of carbonyl (C=O) groups excluding carboxylic acids is 1. The zero-order valence-electron chi connectivity index (χ0n) is 16.7. The summed E-state index contributed by atoms with van der Waals surface area (Å²) >= 11 is 1.47. The average molecular weight is 432 g/mol. The van der Waals surface area contributed by atoms with Crippen molar-refractivity contribution in [2.24, 2.45) is 0 Å². The number of nitrogens with zero attached hydrogens (tertiary/aromatic N) is 1. The van der Waals surface area contributed by atoms with Gasteiger partial charge >= 0.3 is 0 Å². The molecule has 31 heavy (non-hydrogen) atoms. The number of hydrogen-bond acceptors (Lipinski definition) is 6. The maximum atomic E-state index is 13.2. The van der Waals surface area contributed by atoms with Gasteiger partial charge in [-0.1, -0.05) is 54.2 Å². The summed E-state index contributed by atoms with van der Waals surface area (Å²) in [5.41, 5.74) is 3.62. The van der Waals surface area contributed by atoms with Crippen molar-refractivity contribution in [3.05, 3.63) is 92.9 Å². The highest BCUT2D eigenvalue weighted by Gasteiger charge is 2.37. The number of nitrogens with one attached hydrogen (secondary N) is 2. The number of aromatic hydroxyl groups is 1. The van der Waals surface area contributed by atoms with Crippen molar-refractivity contribution in [3.63, 3.8) is 0 Å². The largest absolute Gasteiger partial charge is 0.508 e. The number of ketones is 1. The van der Waals surface area contributed by atoms with Crippen molar-refractivity contribution in [2.45, 2.75) is 36.1 Å². The number of aromatic amines is 1. The van der Waals surface area contributed by atoms with Gasteiger partial charge in [0.2, 0.25) is 0 Å². The van der Waals surface area contributed by atoms with Crippen LogP contribution < -0.4 is 10.9 Å². The van der Waals surface area contributed by atoms with Crippen LogP contribution in [-0.2, 0) is 10.5 Å². The van der Waals surface area contributed by atoms with Crippen LogP contribution in [-0.4, -0.2) is 20.9 Å². The molecule has 1 aliphatic carbocycles.